The van der Waals surface area contributed by atoms with Gasteiger partial charge in [-0.15, -0.1) is 0 Å². The van der Waals surface area contributed by atoms with Gasteiger partial charge in [-0.05, 0) is 53.6 Å². The molecule has 0 aliphatic heterocycles. The third-order valence-electron chi connectivity index (χ3n) is 4.83. The molecule has 6 heteroatoms. The zero-order valence-corrected chi connectivity index (χ0v) is 17.5. The summed E-state index contributed by atoms with van der Waals surface area (Å²) in [5.74, 6) is 0.602. The van der Waals surface area contributed by atoms with E-state index in [2.05, 4.69) is 4.98 Å². The number of halogens is 1. The molecule has 0 spiro atoms. The van der Waals surface area contributed by atoms with Gasteiger partial charge in [0.1, 0.15) is 5.75 Å². The van der Waals surface area contributed by atoms with Gasteiger partial charge in [-0.1, -0.05) is 54.1 Å². The Morgan fingerprint density at radius 3 is 2.48 bits per heavy atom. The van der Waals surface area contributed by atoms with E-state index in [0.717, 1.165) is 16.9 Å². The van der Waals surface area contributed by atoms with E-state index in [-0.39, 0.29) is 11.5 Å². The summed E-state index contributed by atoms with van der Waals surface area (Å²) in [4.78, 5) is 28.0. The number of methoxy groups -OCH3 is 1. The van der Waals surface area contributed by atoms with Crippen molar-refractivity contribution in [3.05, 3.63) is 112 Å². The number of carbonyl (C=O) groups excluding carboxylic acids is 1. The monoisotopic (exact) mass is 430 g/mol. The van der Waals surface area contributed by atoms with Gasteiger partial charge in [0.05, 0.1) is 18.5 Å². The van der Waals surface area contributed by atoms with Crippen LogP contribution < -0.4 is 10.4 Å². The molecule has 4 rings (SSSR count). The van der Waals surface area contributed by atoms with Crippen molar-refractivity contribution in [1.29, 1.82) is 0 Å². The Bertz CT molecular complexity index is 1300. The molecular weight excluding hydrogens is 412 g/mol. The second-order valence-corrected chi connectivity index (χ2v) is 7.31. The van der Waals surface area contributed by atoms with Crippen LogP contribution in [-0.4, -0.2) is 22.4 Å². The molecule has 1 heterocycles. The van der Waals surface area contributed by atoms with Crippen LogP contribution in [0.5, 0.6) is 5.75 Å². The number of benzene rings is 3. The first-order valence-electron chi connectivity index (χ1n) is 9.58. The fraction of sp³-hybridized carbons (Fsp3) is 0.0400. The molecule has 31 heavy (non-hydrogen) atoms. The van der Waals surface area contributed by atoms with Crippen LogP contribution in [0.3, 0.4) is 0 Å². The number of hydrogen-bond donors (Lipinski definition) is 1. The molecule has 0 radical (unpaired) electrons. The van der Waals surface area contributed by atoms with Crippen LogP contribution in [0.1, 0.15) is 15.9 Å². The fourth-order valence-corrected chi connectivity index (χ4v) is 3.28. The van der Waals surface area contributed by atoms with Crippen LogP contribution in [0.4, 0.5) is 0 Å². The van der Waals surface area contributed by atoms with Crippen molar-refractivity contribution in [3.63, 3.8) is 0 Å². The summed E-state index contributed by atoms with van der Waals surface area (Å²) >= 11 is 5.94. The predicted octanol–water partition coefficient (Wildman–Crippen LogP) is 5.39. The maximum Gasteiger partial charge on any atom is 0.330 e. The van der Waals surface area contributed by atoms with Crippen molar-refractivity contribution in [2.24, 2.45) is 0 Å². The number of carbonyl (C=O) groups is 1. The van der Waals surface area contributed by atoms with Crippen LogP contribution in [0, 0.1) is 0 Å². The SMILES string of the molecule is COc1ccc(/C=C/C(=O)c2cccc(-n3cc(-c4ccc(Cl)cc4)[nH]c3=O)c2)cc1. The van der Waals surface area contributed by atoms with Gasteiger partial charge in [0.15, 0.2) is 5.78 Å². The average Bonchev–Trinajstić information content (AvgIpc) is 3.20. The molecule has 0 saturated carbocycles. The molecule has 1 N–H and O–H groups in total. The quantitative estimate of drug-likeness (QED) is 0.329. The van der Waals surface area contributed by atoms with Crippen LogP contribution in [0.25, 0.3) is 23.0 Å². The molecule has 0 amide bonds. The second-order valence-electron chi connectivity index (χ2n) is 6.87. The van der Waals surface area contributed by atoms with Crippen molar-refractivity contribution >= 4 is 23.5 Å². The third kappa shape index (κ3) is 4.68. The minimum atomic E-state index is -0.289. The van der Waals surface area contributed by atoms with Crippen molar-refractivity contribution in [3.8, 4) is 22.7 Å². The number of nitrogens with one attached hydrogen (secondary N) is 1. The van der Waals surface area contributed by atoms with Gasteiger partial charge < -0.3 is 9.72 Å². The molecule has 154 valence electrons. The van der Waals surface area contributed by atoms with Crippen molar-refractivity contribution in [2.45, 2.75) is 0 Å². The molecule has 0 aliphatic rings. The highest BCUT2D eigenvalue weighted by Crippen LogP contribution is 2.20. The summed E-state index contributed by atoms with van der Waals surface area (Å²) in [6.45, 7) is 0. The molecule has 0 atom stereocenters. The molecule has 0 bridgehead atoms. The smallest absolute Gasteiger partial charge is 0.330 e. The number of aromatic nitrogens is 2. The number of rotatable bonds is 6. The van der Waals surface area contributed by atoms with Gasteiger partial charge in [0.2, 0.25) is 0 Å². The zero-order chi connectivity index (χ0) is 21.8. The largest absolute Gasteiger partial charge is 0.497 e. The van der Waals surface area contributed by atoms with E-state index in [0.29, 0.717) is 22.0 Å². The van der Waals surface area contributed by atoms with Gasteiger partial charge in [0.25, 0.3) is 0 Å². The summed E-state index contributed by atoms with van der Waals surface area (Å²) < 4.78 is 6.62. The first-order valence-corrected chi connectivity index (χ1v) is 9.96. The van der Waals surface area contributed by atoms with Crippen molar-refractivity contribution in [1.82, 2.24) is 9.55 Å². The Balaban J connectivity index is 1.58. The summed E-state index contributed by atoms with van der Waals surface area (Å²) in [5, 5.41) is 0.624. The van der Waals surface area contributed by atoms with Crippen LogP contribution in [0.15, 0.2) is 89.9 Å². The molecule has 0 fully saturated rings. The van der Waals surface area contributed by atoms with Gasteiger partial charge in [-0.2, -0.15) is 0 Å². The van der Waals surface area contributed by atoms with Crippen LogP contribution >= 0.6 is 11.6 Å². The Morgan fingerprint density at radius 2 is 1.77 bits per heavy atom. The molecule has 0 unspecified atom stereocenters. The first kappa shape index (κ1) is 20.4. The average molecular weight is 431 g/mol. The van der Waals surface area contributed by atoms with Crippen molar-refractivity contribution in [2.75, 3.05) is 7.11 Å². The summed E-state index contributed by atoms with van der Waals surface area (Å²) in [6.07, 6.45) is 4.97. The lowest BCUT2D eigenvalue weighted by Crippen LogP contribution is -2.14. The minimum Gasteiger partial charge on any atom is -0.497 e. The van der Waals surface area contributed by atoms with Crippen molar-refractivity contribution < 1.29 is 9.53 Å². The highest BCUT2D eigenvalue weighted by molar-refractivity contribution is 6.30. The molecular formula is C25H19ClN2O3. The molecule has 5 nitrogen and oxygen atoms in total. The normalized spacial score (nSPS) is 11.0. The second kappa shape index (κ2) is 8.90. The molecule has 0 aliphatic carbocycles. The lowest BCUT2D eigenvalue weighted by Gasteiger charge is -2.03. The first-order chi connectivity index (χ1) is 15.0. The zero-order valence-electron chi connectivity index (χ0n) is 16.7. The standard InChI is InChI=1S/C25H19ClN2O3/c1-31-22-12-5-17(6-13-22)7-14-24(29)19-3-2-4-21(15-19)28-16-23(27-25(28)30)18-8-10-20(26)11-9-18/h2-16H,1H3,(H,27,30)/b14-7+. The molecule has 0 saturated heterocycles. The number of nitrogens with zero attached hydrogens (tertiary/aromatic N) is 1. The van der Waals surface area contributed by atoms with Gasteiger partial charge in [0, 0.05) is 16.8 Å². The molecule has 1 aromatic heterocycles. The maximum atomic E-state index is 12.6. The predicted molar refractivity (Wildman–Crippen MR) is 123 cm³/mol. The van der Waals surface area contributed by atoms with Crippen LogP contribution in [-0.2, 0) is 0 Å². The number of ketones is 1. The van der Waals surface area contributed by atoms with E-state index < -0.39 is 0 Å². The lowest BCUT2D eigenvalue weighted by molar-refractivity contribution is 0.104. The number of hydrogen-bond acceptors (Lipinski definition) is 3. The minimum absolute atomic E-state index is 0.154. The summed E-state index contributed by atoms with van der Waals surface area (Å²) in [5.41, 5.74) is 3.20. The Morgan fingerprint density at radius 1 is 1.03 bits per heavy atom. The number of H-pyrrole nitrogens is 1. The number of allylic oxidation sites excluding steroid dienone is 1. The van der Waals surface area contributed by atoms with E-state index in [4.69, 9.17) is 16.3 Å². The number of aromatic amines is 1. The number of imidazole rings is 1. The third-order valence-corrected chi connectivity index (χ3v) is 5.08. The molecule has 4 aromatic rings. The van der Waals surface area contributed by atoms with Gasteiger partial charge in [-0.25, -0.2) is 4.79 Å². The highest BCUT2D eigenvalue weighted by Gasteiger charge is 2.09. The molecule has 3 aromatic carbocycles. The lowest BCUT2D eigenvalue weighted by atomic mass is 10.1. The Labute approximate surface area is 184 Å². The fourth-order valence-electron chi connectivity index (χ4n) is 3.16. The topological polar surface area (TPSA) is 64.1 Å². The maximum absolute atomic E-state index is 12.6. The summed E-state index contributed by atoms with van der Waals surface area (Å²) in [6, 6.07) is 21.6. The van der Waals surface area contributed by atoms with E-state index in [1.165, 1.54) is 10.6 Å². The van der Waals surface area contributed by atoms with E-state index in [1.54, 1.807) is 55.8 Å². The number of ether oxygens (including phenoxy) is 1. The summed E-state index contributed by atoms with van der Waals surface area (Å²) in [7, 11) is 1.61. The van der Waals surface area contributed by atoms with Crippen LogP contribution in [0.2, 0.25) is 5.02 Å². The van der Waals surface area contributed by atoms with E-state index >= 15 is 0 Å². The van der Waals surface area contributed by atoms with E-state index in [1.807, 2.05) is 36.4 Å². The highest BCUT2D eigenvalue weighted by atomic mass is 35.5. The van der Waals surface area contributed by atoms with Gasteiger partial charge >= 0.3 is 5.69 Å². The Kier molecular flexibility index (Phi) is 5.87. The van der Waals surface area contributed by atoms with E-state index in [9.17, 15) is 9.59 Å². The Hall–Kier alpha value is -3.83. The van der Waals surface area contributed by atoms with Gasteiger partial charge in [-0.3, -0.25) is 9.36 Å².